The molecule has 3 aromatic rings. The van der Waals surface area contributed by atoms with E-state index < -0.39 is 6.10 Å². The third-order valence-electron chi connectivity index (χ3n) is 6.16. The first-order chi connectivity index (χ1) is 16.1. The van der Waals surface area contributed by atoms with Crippen molar-refractivity contribution >= 4 is 47.6 Å². The molecule has 2 N–H and O–H groups in total. The number of hydrogen-bond donors (Lipinski definition) is 2. The van der Waals surface area contributed by atoms with Crippen LogP contribution >= 0.6 is 36.6 Å². The molecule has 0 spiro atoms. The molecule has 2 aliphatic rings. The molecule has 3 aromatic heterocycles. The van der Waals surface area contributed by atoms with E-state index in [1.807, 2.05) is 6.07 Å². The number of halogens is 3. The van der Waals surface area contributed by atoms with Crippen LogP contribution in [-0.4, -0.2) is 69.8 Å². The van der Waals surface area contributed by atoms with Crippen LogP contribution in [0.1, 0.15) is 17.7 Å². The summed E-state index contributed by atoms with van der Waals surface area (Å²) in [6, 6.07) is 5.53. The topological polar surface area (TPSA) is 92.6 Å². The Hall–Kier alpha value is -1.95. The summed E-state index contributed by atoms with van der Waals surface area (Å²) in [6.45, 7) is 2.57. The van der Waals surface area contributed by atoms with Gasteiger partial charge in [-0.3, -0.25) is 9.97 Å². The van der Waals surface area contributed by atoms with Crippen LogP contribution in [0.2, 0.25) is 0 Å². The second-order valence-corrected chi connectivity index (χ2v) is 9.19. The first-order valence-electron chi connectivity index (χ1n) is 11.0. The molecule has 5 heterocycles. The van der Waals surface area contributed by atoms with Gasteiger partial charge in [-0.25, -0.2) is 9.37 Å². The van der Waals surface area contributed by atoms with E-state index >= 15 is 0 Å². The minimum atomic E-state index is -0.511. The van der Waals surface area contributed by atoms with Crippen molar-refractivity contribution in [2.24, 2.45) is 0 Å². The van der Waals surface area contributed by atoms with Crippen LogP contribution in [0.4, 0.5) is 4.39 Å². The van der Waals surface area contributed by atoms with E-state index in [4.69, 9.17) is 9.47 Å². The molecule has 1 fully saturated rings. The highest BCUT2D eigenvalue weighted by Gasteiger charge is 2.27. The zero-order chi connectivity index (χ0) is 22.8. The molecule has 0 radical (unpaired) electrons. The lowest BCUT2D eigenvalue weighted by molar-refractivity contribution is 0.0403. The first kappa shape index (κ1) is 27.6. The summed E-state index contributed by atoms with van der Waals surface area (Å²) in [5.74, 6) is 1.53. The monoisotopic (exact) mass is 543 g/mol. The van der Waals surface area contributed by atoms with Gasteiger partial charge in [0.2, 0.25) is 5.88 Å². The third-order valence-corrected chi connectivity index (χ3v) is 7.02. The Balaban J connectivity index is 0.00000171. The molecule has 0 aromatic carbocycles. The molecule has 35 heavy (non-hydrogen) atoms. The van der Waals surface area contributed by atoms with Crippen molar-refractivity contribution in [2.75, 3.05) is 32.7 Å². The molecule has 12 heteroatoms. The number of aliphatic hydroxyl groups is 1. The van der Waals surface area contributed by atoms with Crippen LogP contribution in [0.15, 0.2) is 35.5 Å². The van der Waals surface area contributed by atoms with Crippen molar-refractivity contribution in [3.63, 3.8) is 0 Å². The highest BCUT2D eigenvalue weighted by Crippen LogP contribution is 2.35. The first-order valence-corrected chi connectivity index (χ1v) is 12.0. The molecule has 2 aliphatic heterocycles. The predicted octanol–water partition coefficient (Wildman–Crippen LogP) is 3.23. The molecule has 2 atom stereocenters. The number of aliphatic hydroxyl groups excluding tert-OH is 1. The molecule has 8 nitrogen and oxygen atoms in total. The van der Waals surface area contributed by atoms with Gasteiger partial charge in [-0.2, -0.15) is 0 Å². The van der Waals surface area contributed by atoms with E-state index in [1.165, 1.54) is 13.3 Å². The lowest BCUT2D eigenvalue weighted by atomic mass is 10.0. The van der Waals surface area contributed by atoms with Crippen LogP contribution in [0.3, 0.4) is 0 Å². The molecule has 0 aliphatic carbocycles. The van der Waals surface area contributed by atoms with Crippen molar-refractivity contribution in [3.05, 3.63) is 47.7 Å². The minimum absolute atomic E-state index is 0. The van der Waals surface area contributed by atoms with E-state index in [1.54, 1.807) is 30.1 Å². The number of piperidine rings is 1. The summed E-state index contributed by atoms with van der Waals surface area (Å²) in [5.41, 5.74) is 2.62. The molecular weight excluding hydrogens is 516 g/mol. The van der Waals surface area contributed by atoms with E-state index in [0.717, 1.165) is 29.3 Å². The van der Waals surface area contributed by atoms with Gasteiger partial charge in [-0.05, 0) is 31.5 Å². The van der Waals surface area contributed by atoms with Crippen LogP contribution in [0, 0.1) is 5.82 Å². The number of thioether (sulfide) groups is 1. The SMILES string of the molecule is COc1ccc2ncc(F)c(CCN3CC[C@H](NCc4cc5c(cn4)OCS5)C(O)C3)c2n1.Cl.Cl. The van der Waals surface area contributed by atoms with E-state index in [2.05, 4.69) is 25.2 Å². The smallest absolute Gasteiger partial charge is 0.213 e. The molecule has 190 valence electrons. The Morgan fingerprint density at radius 1 is 1.29 bits per heavy atom. The van der Waals surface area contributed by atoms with Crippen LogP contribution in [-0.2, 0) is 13.0 Å². The summed E-state index contributed by atoms with van der Waals surface area (Å²) >= 11 is 1.66. The fraction of sp³-hybridized carbons (Fsp3) is 0.435. The number of nitrogens with one attached hydrogen (secondary N) is 1. The number of fused-ring (bicyclic) bond motifs is 2. The van der Waals surface area contributed by atoms with Crippen molar-refractivity contribution < 1.29 is 19.0 Å². The van der Waals surface area contributed by atoms with E-state index in [0.29, 0.717) is 54.5 Å². The molecule has 1 unspecified atom stereocenters. The van der Waals surface area contributed by atoms with Crippen molar-refractivity contribution in [3.8, 4) is 11.6 Å². The molecular formula is C23H28Cl2FN5O3S. The van der Waals surface area contributed by atoms with Gasteiger partial charge in [0.1, 0.15) is 11.8 Å². The van der Waals surface area contributed by atoms with Crippen molar-refractivity contribution in [2.45, 2.75) is 36.4 Å². The standard InChI is InChI=1S/C23H26FN5O3S.2ClH/c1-31-22-3-2-18-23(28-22)15(16(24)10-27-18)4-6-29-7-5-17(19(30)12-29)26-9-14-8-21-20(11-25-14)32-13-33-21;;/h2-3,8,10-11,17,19,26,30H,4-7,9,12-13H2,1H3;2*1H/t17-,19?;;/m0../s1. The van der Waals surface area contributed by atoms with Gasteiger partial charge in [0.05, 0.1) is 47.2 Å². The lowest BCUT2D eigenvalue weighted by Crippen LogP contribution is -2.52. The average molecular weight is 544 g/mol. The number of ether oxygens (including phenoxy) is 2. The zero-order valence-corrected chi connectivity index (χ0v) is 21.6. The van der Waals surface area contributed by atoms with E-state index in [-0.39, 0.29) is 36.7 Å². The third kappa shape index (κ3) is 6.25. The lowest BCUT2D eigenvalue weighted by Gasteiger charge is -2.36. The Labute approximate surface area is 219 Å². The van der Waals surface area contributed by atoms with Gasteiger partial charge in [0.15, 0.2) is 5.75 Å². The summed E-state index contributed by atoms with van der Waals surface area (Å²) in [4.78, 5) is 16.2. The van der Waals surface area contributed by atoms with E-state index in [9.17, 15) is 9.50 Å². The second-order valence-electron chi connectivity index (χ2n) is 8.23. The van der Waals surface area contributed by atoms with Gasteiger partial charge >= 0.3 is 0 Å². The zero-order valence-electron chi connectivity index (χ0n) is 19.1. The molecule has 0 amide bonds. The number of nitrogens with zero attached hydrogens (tertiary/aromatic N) is 4. The normalized spacial score (nSPS) is 19.4. The van der Waals surface area contributed by atoms with Gasteiger partial charge in [0, 0.05) is 37.3 Å². The van der Waals surface area contributed by atoms with Gasteiger partial charge in [-0.1, -0.05) is 11.8 Å². The predicted molar refractivity (Wildman–Crippen MR) is 138 cm³/mol. The number of β-amino-alcohol motifs (C(OH)–C–C–N with tert-alkyl or cyclic N) is 1. The number of methoxy groups -OCH3 is 1. The fourth-order valence-electron chi connectivity index (χ4n) is 4.31. The molecule has 5 rings (SSSR count). The van der Waals surface area contributed by atoms with Gasteiger partial charge in [0.25, 0.3) is 0 Å². The second kappa shape index (κ2) is 12.3. The maximum Gasteiger partial charge on any atom is 0.213 e. The maximum atomic E-state index is 14.6. The van der Waals surface area contributed by atoms with Gasteiger partial charge in [-0.15, -0.1) is 24.8 Å². The number of likely N-dealkylation sites (tertiary alicyclic amines) is 1. The molecule has 1 saturated heterocycles. The van der Waals surface area contributed by atoms with Gasteiger partial charge < -0.3 is 24.8 Å². The van der Waals surface area contributed by atoms with Crippen LogP contribution in [0.5, 0.6) is 11.6 Å². The molecule has 0 saturated carbocycles. The number of hydrogen-bond acceptors (Lipinski definition) is 9. The summed E-state index contributed by atoms with van der Waals surface area (Å²) in [7, 11) is 1.54. The summed E-state index contributed by atoms with van der Waals surface area (Å²) in [5, 5.41) is 14.1. The minimum Gasteiger partial charge on any atom is -0.481 e. The average Bonchev–Trinajstić information content (AvgIpc) is 3.30. The molecule has 0 bridgehead atoms. The largest absolute Gasteiger partial charge is 0.481 e. The summed E-state index contributed by atoms with van der Waals surface area (Å²) < 4.78 is 25.2. The Kier molecular flexibility index (Phi) is 9.74. The highest BCUT2D eigenvalue weighted by molar-refractivity contribution is 7.99. The van der Waals surface area contributed by atoms with Crippen molar-refractivity contribution in [1.82, 2.24) is 25.2 Å². The maximum absolute atomic E-state index is 14.6. The number of rotatable bonds is 7. The highest BCUT2D eigenvalue weighted by atomic mass is 35.5. The quantitative estimate of drug-likeness (QED) is 0.465. The van der Waals surface area contributed by atoms with Crippen LogP contribution in [0.25, 0.3) is 11.0 Å². The fourth-order valence-corrected chi connectivity index (χ4v) is 5.10. The Bertz CT molecular complexity index is 1160. The van der Waals surface area contributed by atoms with Crippen molar-refractivity contribution in [1.29, 1.82) is 0 Å². The Morgan fingerprint density at radius 2 is 2.14 bits per heavy atom. The Morgan fingerprint density at radius 3 is 2.94 bits per heavy atom. The van der Waals surface area contributed by atoms with Crippen LogP contribution < -0.4 is 14.8 Å². The summed E-state index contributed by atoms with van der Waals surface area (Å²) in [6.07, 6.45) is 3.78. The number of pyridine rings is 3. The number of aromatic nitrogens is 3.